The van der Waals surface area contributed by atoms with Gasteiger partial charge in [-0.05, 0) is 6.42 Å². The average Bonchev–Trinajstić information content (AvgIpc) is 2.73. The molecule has 1 aromatic rings. The summed E-state index contributed by atoms with van der Waals surface area (Å²) in [6, 6.07) is -0.662. The number of nitrogens with zero attached hydrogens (tertiary/aromatic N) is 3. The maximum atomic E-state index is 12.0. The van der Waals surface area contributed by atoms with Crippen LogP contribution in [0.15, 0.2) is 12.4 Å². The molecule has 7 nitrogen and oxygen atoms in total. The fraction of sp³-hybridized carbons (Fsp3) is 0.556. The van der Waals surface area contributed by atoms with E-state index in [4.69, 9.17) is 0 Å². The number of anilines is 1. The molecule has 94 valence electrons. The number of amides is 1. The highest BCUT2D eigenvalue weighted by Gasteiger charge is 2.34. The summed E-state index contributed by atoms with van der Waals surface area (Å²) < 4.78 is 26.1. The van der Waals surface area contributed by atoms with E-state index in [2.05, 4.69) is 9.82 Å². The van der Waals surface area contributed by atoms with Gasteiger partial charge < -0.3 is 4.90 Å². The average molecular weight is 258 g/mol. The predicted molar refractivity (Wildman–Crippen MR) is 61.9 cm³/mol. The van der Waals surface area contributed by atoms with Gasteiger partial charge in [0.1, 0.15) is 6.04 Å². The first kappa shape index (κ1) is 12.1. The molecule has 1 fully saturated rings. The van der Waals surface area contributed by atoms with Crippen LogP contribution in [0.3, 0.4) is 0 Å². The molecule has 1 aliphatic heterocycles. The summed E-state index contributed by atoms with van der Waals surface area (Å²) in [6.07, 6.45) is 4.83. The molecule has 0 spiro atoms. The minimum absolute atomic E-state index is 0.233. The molecule has 0 aliphatic carbocycles. The van der Waals surface area contributed by atoms with Gasteiger partial charge in [-0.3, -0.25) is 9.48 Å². The molecule has 0 radical (unpaired) electrons. The van der Waals surface area contributed by atoms with Crippen LogP contribution < -0.4 is 9.62 Å². The third kappa shape index (κ3) is 2.64. The minimum Gasteiger partial charge on any atom is -0.308 e. The Balaban J connectivity index is 2.13. The molecule has 2 rings (SSSR count). The van der Waals surface area contributed by atoms with Crippen molar-refractivity contribution in [3.05, 3.63) is 12.4 Å². The Morgan fingerprint density at radius 2 is 2.24 bits per heavy atom. The van der Waals surface area contributed by atoms with Gasteiger partial charge in [-0.15, -0.1) is 0 Å². The summed E-state index contributed by atoms with van der Waals surface area (Å²) >= 11 is 0. The van der Waals surface area contributed by atoms with Gasteiger partial charge in [-0.2, -0.15) is 5.10 Å². The second-order valence-corrected chi connectivity index (χ2v) is 5.87. The number of nitrogens with one attached hydrogen (secondary N) is 1. The minimum atomic E-state index is -3.36. The number of hydrogen-bond acceptors (Lipinski definition) is 4. The normalized spacial score (nSPS) is 21.2. The lowest BCUT2D eigenvalue weighted by molar-refractivity contribution is -0.118. The third-order valence-corrected chi connectivity index (χ3v) is 3.28. The zero-order valence-electron chi connectivity index (χ0n) is 9.62. The lowest BCUT2D eigenvalue weighted by Crippen LogP contribution is -2.40. The number of sulfonamides is 1. The quantitative estimate of drug-likeness (QED) is 0.759. The Hall–Kier alpha value is -1.41. The number of aryl methyl sites for hydroxylation is 1. The summed E-state index contributed by atoms with van der Waals surface area (Å²) in [5.74, 6) is -0.233. The van der Waals surface area contributed by atoms with Crippen LogP contribution in [0.4, 0.5) is 5.69 Å². The molecule has 1 unspecified atom stereocenters. The largest absolute Gasteiger partial charge is 0.308 e. The highest BCUT2D eigenvalue weighted by molar-refractivity contribution is 7.88. The van der Waals surface area contributed by atoms with Crippen molar-refractivity contribution in [2.24, 2.45) is 7.05 Å². The van der Waals surface area contributed by atoms with Gasteiger partial charge in [0, 0.05) is 19.8 Å². The summed E-state index contributed by atoms with van der Waals surface area (Å²) in [4.78, 5) is 13.5. The van der Waals surface area contributed by atoms with Crippen LogP contribution in [0.5, 0.6) is 0 Å². The molecule has 1 atom stereocenters. The molecule has 1 aliphatic rings. The second-order valence-electron chi connectivity index (χ2n) is 4.09. The van der Waals surface area contributed by atoms with E-state index < -0.39 is 16.1 Å². The summed E-state index contributed by atoms with van der Waals surface area (Å²) in [5, 5.41) is 3.98. The van der Waals surface area contributed by atoms with Gasteiger partial charge in [0.15, 0.2) is 0 Å². The number of carbonyl (C=O) groups excluding carboxylic acids is 1. The smallest absolute Gasteiger partial charge is 0.245 e. The monoisotopic (exact) mass is 258 g/mol. The molecule has 1 N–H and O–H groups in total. The Morgan fingerprint density at radius 3 is 2.76 bits per heavy atom. The van der Waals surface area contributed by atoms with Crippen molar-refractivity contribution in [1.29, 1.82) is 0 Å². The molecule has 0 bridgehead atoms. The summed E-state index contributed by atoms with van der Waals surface area (Å²) in [5.41, 5.74) is 0.690. The van der Waals surface area contributed by atoms with Crippen molar-refractivity contribution in [1.82, 2.24) is 14.5 Å². The van der Waals surface area contributed by atoms with Crippen molar-refractivity contribution in [3.63, 3.8) is 0 Å². The van der Waals surface area contributed by atoms with Gasteiger partial charge >= 0.3 is 0 Å². The Kier molecular flexibility index (Phi) is 2.92. The topological polar surface area (TPSA) is 84.3 Å². The molecule has 8 heteroatoms. The van der Waals surface area contributed by atoms with Crippen molar-refractivity contribution in [2.45, 2.75) is 12.5 Å². The Morgan fingerprint density at radius 1 is 1.53 bits per heavy atom. The van der Waals surface area contributed by atoms with Gasteiger partial charge in [0.2, 0.25) is 15.9 Å². The van der Waals surface area contributed by atoms with Crippen LogP contribution in [0.2, 0.25) is 0 Å². The number of carbonyl (C=O) groups is 1. The highest BCUT2D eigenvalue weighted by atomic mass is 32.2. The van der Waals surface area contributed by atoms with Gasteiger partial charge in [-0.1, -0.05) is 0 Å². The standard InChI is InChI=1S/C9H14N4O3S/c1-12-6-7(5-10-12)13-4-3-8(9(13)14)11-17(2,15)16/h5-6,8,11H,3-4H2,1-2H3. The lowest BCUT2D eigenvalue weighted by Gasteiger charge is -2.14. The van der Waals surface area contributed by atoms with Crippen LogP contribution in [0.1, 0.15) is 6.42 Å². The molecule has 17 heavy (non-hydrogen) atoms. The van der Waals surface area contributed by atoms with E-state index in [1.807, 2.05) is 0 Å². The van der Waals surface area contributed by atoms with E-state index in [-0.39, 0.29) is 5.91 Å². The second kappa shape index (κ2) is 4.11. The van der Waals surface area contributed by atoms with Crippen LogP contribution in [-0.4, -0.2) is 42.9 Å². The molecule has 2 heterocycles. The Labute approximate surface area is 99.5 Å². The van der Waals surface area contributed by atoms with Gasteiger partial charge in [0.25, 0.3) is 0 Å². The fourth-order valence-corrected chi connectivity index (χ4v) is 2.59. The van der Waals surface area contributed by atoms with Crippen LogP contribution >= 0.6 is 0 Å². The van der Waals surface area contributed by atoms with E-state index in [1.54, 1.807) is 24.1 Å². The Bertz CT molecular complexity index is 536. The maximum absolute atomic E-state index is 12.0. The van der Waals surface area contributed by atoms with Crippen LogP contribution in [-0.2, 0) is 21.9 Å². The SMILES string of the molecule is Cn1cc(N2CCC(NS(C)(=O)=O)C2=O)cn1. The molecular weight excluding hydrogens is 244 g/mol. The maximum Gasteiger partial charge on any atom is 0.245 e. The number of rotatable bonds is 3. The summed E-state index contributed by atoms with van der Waals surface area (Å²) in [6.45, 7) is 0.498. The van der Waals surface area contributed by atoms with E-state index in [0.29, 0.717) is 18.7 Å². The van der Waals surface area contributed by atoms with E-state index in [1.165, 1.54) is 4.90 Å². The predicted octanol–water partition coefficient (Wildman–Crippen LogP) is -0.925. The van der Waals surface area contributed by atoms with E-state index in [0.717, 1.165) is 6.26 Å². The van der Waals surface area contributed by atoms with Crippen molar-refractivity contribution in [2.75, 3.05) is 17.7 Å². The van der Waals surface area contributed by atoms with Crippen molar-refractivity contribution < 1.29 is 13.2 Å². The zero-order chi connectivity index (χ0) is 12.6. The fourth-order valence-electron chi connectivity index (χ4n) is 1.85. The third-order valence-electron chi connectivity index (χ3n) is 2.56. The first-order valence-corrected chi connectivity index (χ1v) is 7.03. The molecule has 0 aromatic carbocycles. The molecular formula is C9H14N4O3S. The number of hydrogen-bond donors (Lipinski definition) is 1. The van der Waals surface area contributed by atoms with E-state index in [9.17, 15) is 13.2 Å². The lowest BCUT2D eigenvalue weighted by atomic mass is 10.3. The van der Waals surface area contributed by atoms with Crippen molar-refractivity contribution >= 4 is 21.6 Å². The van der Waals surface area contributed by atoms with Gasteiger partial charge in [-0.25, -0.2) is 13.1 Å². The van der Waals surface area contributed by atoms with Crippen LogP contribution in [0.25, 0.3) is 0 Å². The molecule has 1 saturated heterocycles. The molecule has 0 saturated carbocycles. The highest BCUT2D eigenvalue weighted by Crippen LogP contribution is 2.20. The summed E-state index contributed by atoms with van der Waals surface area (Å²) in [7, 11) is -1.60. The molecule has 1 aromatic heterocycles. The van der Waals surface area contributed by atoms with E-state index >= 15 is 0 Å². The number of aromatic nitrogens is 2. The van der Waals surface area contributed by atoms with Gasteiger partial charge in [0.05, 0.1) is 18.1 Å². The first-order chi connectivity index (χ1) is 7.87. The zero-order valence-corrected chi connectivity index (χ0v) is 10.4. The van der Waals surface area contributed by atoms with Crippen LogP contribution in [0, 0.1) is 0 Å². The van der Waals surface area contributed by atoms with Crippen molar-refractivity contribution in [3.8, 4) is 0 Å². The molecule has 1 amide bonds. The first-order valence-electron chi connectivity index (χ1n) is 5.14.